The summed E-state index contributed by atoms with van der Waals surface area (Å²) in [5.74, 6) is 1.23. The predicted molar refractivity (Wildman–Crippen MR) is 99.0 cm³/mol. The van der Waals surface area contributed by atoms with Crippen LogP contribution in [-0.4, -0.2) is 12.8 Å². The Morgan fingerprint density at radius 1 is 0.960 bits per heavy atom. The van der Waals surface area contributed by atoms with E-state index in [-0.39, 0.29) is 0 Å². The molecule has 0 spiro atoms. The summed E-state index contributed by atoms with van der Waals surface area (Å²) in [5.41, 5.74) is 2.80. The largest absolute Gasteiger partial charge is 0.513 e. The van der Waals surface area contributed by atoms with Gasteiger partial charge in [0.1, 0.15) is 5.75 Å². The minimum absolute atomic E-state index is 0.374. The number of para-hydroxylation sites is 1. The van der Waals surface area contributed by atoms with Crippen molar-refractivity contribution in [2.24, 2.45) is 0 Å². The van der Waals surface area contributed by atoms with Gasteiger partial charge in [0, 0.05) is 0 Å². The van der Waals surface area contributed by atoms with E-state index in [0.29, 0.717) is 12.4 Å². The Bertz CT molecular complexity index is 660. The molecule has 1 saturated carbocycles. The summed E-state index contributed by atoms with van der Waals surface area (Å²) in [6.45, 7) is 0.374. The highest BCUT2D eigenvalue weighted by Gasteiger charge is 2.15. The van der Waals surface area contributed by atoms with Crippen molar-refractivity contribution in [3.63, 3.8) is 0 Å². The molecule has 0 amide bonds. The minimum atomic E-state index is -0.637. The first-order valence-corrected chi connectivity index (χ1v) is 9.30. The summed E-state index contributed by atoms with van der Waals surface area (Å²) in [4.78, 5) is 11.6. The molecule has 25 heavy (non-hydrogen) atoms. The van der Waals surface area contributed by atoms with E-state index in [0.717, 1.165) is 18.8 Å². The van der Waals surface area contributed by atoms with Gasteiger partial charge in [-0.2, -0.15) is 0 Å². The molecule has 0 unspecified atom stereocenters. The number of hydrogen-bond acceptors (Lipinski definition) is 3. The molecule has 0 N–H and O–H groups in total. The molecule has 1 aliphatic carbocycles. The quantitative estimate of drug-likeness (QED) is 0.375. The molecule has 3 nitrogen and oxygen atoms in total. The maximum Gasteiger partial charge on any atom is 0.513 e. The zero-order valence-corrected chi connectivity index (χ0v) is 14.7. The normalized spacial score (nSPS) is 14.9. The first-order chi connectivity index (χ1) is 12.3. The number of carbonyl (C=O) groups is 1. The second-order valence-electron chi connectivity index (χ2n) is 6.70. The molecule has 0 heterocycles. The van der Waals surface area contributed by atoms with Gasteiger partial charge >= 0.3 is 6.16 Å². The van der Waals surface area contributed by atoms with Crippen molar-refractivity contribution >= 4 is 6.16 Å². The fourth-order valence-corrected chi connectivity index (χ4v) is 3.48. The highest BCUT2D eigenvalue weighted by Crippen LogP contribution is 2.32. The van der Waals surface area contributed by atoms with Crippen molar-refractivity contribution in [3.05, 3.63) is 65.7 Å². The average molecular weight is 338 g/mol. The van der Waals surface area contributed by atoms with Gasteiger partial charge in [-0.25, -0.2) is 4.79 Å². The summed E-state index contributed by atoms with van der Waals surface area (Å²) < 4.78 is 10.3. The van der Waals surface area contributed by atoms with Crippen molar-refractivity contribution in [3.8, 4) is 5.75 Å². The van der Waals surface area contributed by atoms with Crippen LogP contribution in [0.5, 0.6) is 5.75 Å². The van der Waals surface area contributed by atoms with Crippen LogP contribution < -0.4 is 4.74 Å². The predicted octanol–water partition coefficient (Wildman–Crippen LogP) is 5.88. The third kappa shape index (κ3) is 5.63. The maximum atomic E-state index is 11.6. The van der Waals surface area contributed by atoms with Crippen molar-refractivity contribution in [1.29, 1.82) is 0 Å². The van der Waals surface area contributed by atoms with E-state index in [1.54, 1.807) is 12.1 Å². The molecule has 132 valence electrons. The lowest BCUT2D eigenvalue weighted by Gasteiger charge is -2.22. The van der Waals surface area contributed by atoms with Gasteiger partial charge in [-0.1, -0.05) is 61.7 Å². The van der Waals surface area contributed by atoms with E-state index in [1.165, 1.54) is 43.2 Å². The van der Waals surface area contributed by atoms with E-state index in [4.69, 9.17) is 9.47 Å². The molecule has 2 aromatic carbocycles. The Morgan fingerprint density at radius 2 is 1.76 bits per heavy atom. The van der Waals surface area contributed by atoms with Crippen LogP contribution in [0.4, 0.5) is 4.79 Å². The lowest BCUT2D eigenvalue weighted by Crippen LogP contribution is -2.11. The monoisotopic (exact) mass is 338 g/mol. The fraction of sp³-hybridized carbons (Fsp3) is 0.409. The van der Waals surface area contributed by atoms with Crippen LogP contribution in [0.1, 0.15) is 55.6 Å². The molecule has 0 saturated heterocycles. The van der Waals surface area contributed by atoms with Gasteiger partial charge in [-0.3, -0.25) is 0 Å². The second kappa shape index (κ2) is 9.26. The third-order valence-electron chi connectivity index (χ3n) is 4.80. The molecule has 2 aromatic rings. The van der Waals surface area contributed by atoms with Crippen LogP contribution in [0, 0.1) is 0 Å². The van der Waals surface area contributed by atoms with E-state index in [1.807, 2.05) is 18.2 Å². The number of hydrogen-bond donors (Lipinski definition) is 0. The Hall–Kier alpha value is -2.29. The Kier molecular flexibility index (Phi) is 6.49. The standard InChI is InChI=1S/C22H26O3/c23-22(25-21-14-5-2-6-15-21)24-16-8-10-18-9-7-13-20(17-18)19-11-3-1-4-12-19/h2,5-7,9,13-15,17,19H,1,3-4,8,10-12,16H2. The lowest BCUT2D eigenvalue weighted by molar-refractivity contribution is 0.0981. The summed E-state index contributed by atoms with van der Waals surface area (Å²) in [6.07, 6.45) is 7.81. The van der Waals surface area contributed by atoms with Crippen LogP contribution in [0.15, 0.2) is 54.6 Å². The van der Waals surface area contributed by atoms with Gasteiger partial charge in [-0.05, 0) is 54.9 Å². The van der Waals surface area contributed by atoms with E-state index < -0.39 is 6.16 Å². The summed E-state index contributed by atoms with van der Waals surface area (Å²) in [5, 5.41) is 0. The molecule has 1 aliphatic rings. The van der Waals surface area contributed by atoms with E-state index in [2.05, 4.69) is 24.3 Å². The molecular weight excluding hydrogens is 312 g/mol. The van der Waals surface area contributed by atoms with Gasteiger partial charge in [0.15, 0.2) is 0 Å². The second-order valence-corrected chi connectivity index (χ2v) is 6.70. The van der Waals surface area contributed by atoms with Gasteiger partial charge in [-0.15, -0.1) is 0 Å². The summed E-state index contributed by atoms with van der Waals surface area (Å²) in [7, 11) is 0. The molecule has 3 rings (SSSR count). The Labute approximate surface area is 150 Å². The SMILES string of the molecule is O=C(OCCCc1cccc(C2CCCCC2)c1)Oc1ccccc1. The number of carbonyl (C=O) groups excluding carboxylic acids is 1. The van der Waals surface area contributed by atoms with Crippen molar-refractivity contribution in [2.45, 2.75) is 50.9 Å². The molecule has 0 radical (unpaired) electrons. The zero-order chi connectivity index (χ0) is 17.3. The van der Waals surface area contributed by atoms with Gasteiger partial charge in [0.05, 0.1) is 6.61 Å². The molecule has 0 atom stereocenters. The molecule has 0 aliphatic heterocycles. The van der Waals surface area contributed by atoms with E-state index in [9.17, 15) is 4.79 Å². The fourth-order valence-electron chi connectivity index (χ4n) is 3.48. The Balaban J connectivity index is 1.40. The number of ether oxygens (including phenoxy) is 2. The van der Waals surface area contributed by atoms with Gasteiger partial charge in [0.25, 0.3) is 0 Å². The van der Waals surface area contributed by atoms with Crippen LogP contribution in [0.2, 0.25) is 0 Å². The van der Waals surface area contributed by atoms with Crippen molar-refractivity contribution in [2.75, 3.05) is 6.61 Å². The third-order valence-corrected chi connectivity index (χ3v) is 4.80. The van der Waals surface area contributed by atoms with Crippen LogP contribution >= 0.6 is 0 Å². The van der Waals surface area contributed by atoms with Crippen LogP contribution in [0.3, 0.4) is 0 Å². The zero-order valence-electron chi connectivity index (χ0n) is 14.7. The number of benzene rings is 2. The average Bonchev–Trinajstić information content (AvgIpc) is 2.67. The van der Waals surface area contributed by atoms with Crippen LogP contribution in [0.25, 0.3) is 0 Å². The molecule has 1 fully saturated rings. The molecule has 3 heteroatoms. The van der Waals surface area contributed by atoms with E-state index >= 15 is 0 Å². The molecular formula is C22H26O3. The molecule has 0 bridgehead atoms. The Morgan fingerprint density at radius 3 is 2.56 bits per heavy atom. The number of aryl methyl sites for hydroxylation is 1. The smallest absolute Gasteiger partial charge is 0.434 e. The van der Waals surface area contributed by atoms with Crippen LogP contribution in [-0.2, 0) is 11.2 Å². The van der Waals surface area contributed by atoms with Gasteiger partial charge in [0.2, 0.25) is 0 Å². The van der Waals surface area contributed by atoms with Crippen molar-refractivity contribution in [1.82, 2.24) is 0 Å². The topological polar surface area (TPSA) is 35.5 Å². The highest BCUT2D eigenvalue weighted by molar-refractivity contribution is 5.63. The number of rotatable bonds is 6. The van der Waals surface area contributed by atoms with Crippen molar-refractivity contribution < 1.29 is 14.3 Å². The first-order valence-electron chi connectivity index (χ1n) is 9.30. The maximum absolute atomic E-state index is 11.6. The molecule has 0 aromatic heterocycles. The van der Waals surface area contributed by atoms with Gasteiger partial charge < -0.3 is 9.47 Å². The minimum Gasteiger partial charge on any atom is -0.434 e. The lowest BCUT2D eigenvalue weighted by atomic mass is 9.83. The summed E-state index contributed by atoms with van der Waals surface area (Å²) >= 11 is 0. The summed E-state index contributed by atoms with van der Waals surface area (Å²) in [6, 6.07) is 17.9. The highest BCUT2D eigenvalue weighted by atomic mass is 16.7. The first kappa shape index (κ1) is 17.5.